The lowest BCUT2D eigenvalue weighted by atomic mass is 10.1. The summed E-state index contributed by atoms with van der Waals surface area (Å²) in [5.74, 6) is 5.67. The predicted octanol–water partition coefficient (Wildman–Crippen LogP) is 3.26. The Labute approximate surface area is 127 Å². The van der Waals surface area contributed by atoms with Gasteiger partial charge in [0, 0.05) is 17.3 Å². The van der Waals surface area contributed by atoms with Crippen LogP contribution >= 0.6 is 11.6 Å². The SMILES string of the molecule is N#Cc1cccc(COc2cncc(C#CCCl)c2)c1F. The van der Waals surface area contributed by atoms with E-state index in [0.717, 1.165) is 0 Å². The van der Waals surface area contributed by atoms with Crippen LogP contribution in [0.25, 0.3) is 0 Å². The Bertz CT molecular complexity index is 744. The highest BCUT2D eigenvalue weighted by molar-refractivity contribution is 6.19. The van der Waals surface area contributed by atoms with Crippen molar-refractivity contribution in [2.24, 2.45) is 0 Å². The van der Waals surface area contributed by atoms with Crippen molar-refractivity contribution in [3.8, 4) is 23.7 Å². The predicted molar refractivity (Wildman–Crippen MR) is 77.3 cm³/mol. The molecule has 2 rings (SSSR count). The van der Waals surface area contributed by atoms with E-state index in [-0.39, 0.29) is 18.1 Å². The van der Waals surface area contributed by atoms with Crippen molar-refractivity contribution in [3.63, 3.8) is 0 Å². The van der Waals surface area contributed by atoms with Crippen molar-refractivity contribution in [1.82, 2.24) is 4.98 Å². The first-order valence-electron chi connectivity index (χ1n) is 6.04. The molecular formula is C16H10ClFN2O. The second kappa shape index (κ2) is 7.28. The van der Waals surface area contributed by atoms with Gasteiger partial charge < -0.3 is 4.74 Å². The van der Waals surface area contributed by atoms with Crippen molar-refractivity contribution in [2.75, 3.05) is 5.88 Å². The summed E-state index contributed by atoms with van der Waals surface area (Å²) in [6.45, 7) is 0.00935. The number of ether oxygens (including phenoxy) is 1. The highest BCUT2D eigenvalue weighted by Crippen LogP contribution is 2.16. The first kappa shape index (κ1) is 14.8. The summed E-state index contributed by atoms with van der Waals surface area (Å²) in [6.07, 6.45) is 3.10. The second-order valence-corrected chi connectivity index (χ2v) is 4.29. The molecule has 1 aromatic heterocycles. The van der Waals surface area contributed by atoms with Crippen LogP contribution in [-0.4, -0.2) is 10.9 Å². The van der Waals surface area contributed by atoms with E-state index < -0.39 is 5.82 Å². The summed E-state index contributed by atoms with van der Waals surface area (Å²) in [5.41, 5.74) is 0.974. The van der Waals surface area contributed by atoms with Crippen LogP contribution in [0.2, 0.25) is 0 Å². The number of rotatable bonds is 3. The fourth-order valence-corrected chi connectivity index (χ4v) is 1.71. The molecule has 21 heavy (non-hydrogen) atoms. The molecule has 0 N–H and O–H groups in total. The number of halogens is 2. The standard InChI is InChI=1S/C16H10ClFN2O/c17-6-2-3-12-7-15(10-20-9-12)21-11-14-5-1-4-13(8-19)16(14)18/h1,4-5,7,9-10H,6,11H2. The highest BCUT2D eigenvalue weighted by Gasteiger charge is 2.08. The van der Waals surface area contributed by atoms with E-state index in [1.165, 1.54) is 12.3 Å². The van der Waals surface area contributed by atoms with Gasteiger partial charge >= 0.3 is 0 Å². The summed E-state index contributed by atoms with van der Waals surface area (Å²) < 4.78 is 19.3. The van der Waals surface area contributed by atoms with Crippen molar-refractivity contribution < 1.29 is 9.13 Å². The van der Waals surface area contributed by atoms with Gasteiger partial charge in [0.1, 0.15) is 24.2 Å². The molecule has 0 aliphatic heterocycles. The topological polar surface area (TPSA) is 45.9 Å². The monoisotopic (exact) mass is 300 g/mol. The number of pyridine rings is 1. The lowest BCUT2D eigenvalue weighted by Gasteiger charge is -2.07. The molecule has 2 aromatic rings. The van der Waals surface area contributed by atoms with Crippen LogP contribution in [0.3, 0.4) is 0 Å². The molecule has 0 atom stereocenters. The molecule has 0 aliphatic rings. The maximum atomic E-state index is 13.9. The highest BCUT2D eigenvalue weighted by atomic mass is 35.5. The summed E-state index contributed by atoms with van der Waals surface area (Å²) in [4.78, 5) is 3.99. The minimum atomic E-state index is -0.564. The van der Waals surface area contributed by atoms with Crippen LogP contribution in [0.4, 0.5) is 4.39 Å². The smallest absolute Gasteiger partial charge is 0.147 e. The van der Waals surface area contributed by atoms with Crippen molar-refractivity contribution in [3.05, 3.63) is 59.2 Å². The minimum Gasteiger partial charge on any atom is -0.487 e. The quantitative estimate of drug-likeness (QED) is 0.645. The fraction of sp³-hybridized carbons (Fsp3) is 0.125. The Balaban J connectivity index is 2.12. The second-order valence-electron chi connectivity index (χ2n) is 4.02. The van der Waals surface area contributed by atoms with Gasteiger partial charge in [0.15, 0.2) is 0 Å². The largest absolute Gasteiger partial charge is 0.487 e. The van der Waals surface area contributed by atoms with Gasteiger partial charge in [-0.15, -0.1) is 11.6 Å². The molecule has 0 saturated heterocycles. The van der Waals surface area contributed by atoms with E-state index in [4.69, 9.17) is 21.6 Å². The number of hydrogen-bond acceptors (Lipinski definition) is 3. The van der Waals surface area contributed by atoms with Gasteiger partial charge in [0.25, 0.3) is 0 Å². The number of aromatic nitrogens is 1. The van der Waals surface area contributed by atoms with Gasteiger partial charge in [-0.3, -0.25) is 4.98 Å². The molecule has 5 heteroatoms. The van der Waals surface area contributed by atoms with Crippen molar-refractivity contribution in [2.45, 2.75) is 6.61 Å². The van der Waals surface area contributed by atoms with Crippen LogP contribution in [0.1, 0.15) is 16.7 Å². The molecule has 0 radical (unpaired) electrons. The zero-order chi connectivity index (χ0) is 15.1. The van der Waals surface area contributed by atoms with Gasteiger partial charge in [-0.1, -0.05) is 24.0 Å². The maximum absolute atomic E-state index is 13.9. The first-order chi connectivity index (χ1) is 10.2. The van der Waals surface area contributed by atoms with E-state index in [9.17, 15) is 4.39 Å². The van der Waals surface area contributed by atoms with E-state index in [1.807, 2.05) is 0 Å². The van der Waals surface area contributed by atoms with Crippen LogP contribution in [0.15, 0.2) is 36.7 Å². The van der Waals surface area contributed by atoms with Crippen LogP contribution in [0, 0.1) is 29.0 Å². The van der Waals surface area contributed by atoms with Gasteiger partial charge in [0.2, 0.25) is 0 Å². The number of nitrogens with zero attached hydrogens (tertiary/aromatic N) is 2. The van der Waals surface area contributed by atoms with Gasteiger partial charge in [-0.05, 0) is 12.1 Å². The molecule has 104 valence electrons. The average Bonchev–Trinajstić information content (AvgIpc) is 2.52. The van der Waals surface area contributed by atoms with Gasteiger partial charge in [-0.2, -0.15) is 5.26 Å². The zero-order valence-electron chi connectivity index (χ0n) is 10.9. The average molecular weight is 301 g/mol. The van der Waals surface area contributed by atoms with E-state index in [2.05, 4.69) is 16.8 Å². The van der Waals surface area contributed by atoms with E-state index in [1.54, 1.807) is 30.5 Å². The van der Waals surface area contributed by atoms with E-state index >= 15 is 0 Å². The number of nitriles is 1. The maximum Gasteiger partial charge on any atom is 0.147 e. The summed E-state index contributed by atoms with van der Waals surface area (Å²) in [6, 6.07) is 8.09. The number of benzene rings is 1. The Kier molecular flexibility index (Phi) is 5.15. The third-order valence-electron chi connectivity index (χ3n) is 2.61. The van der Waals surface area contributed by atoms with Gasteiger partial charge in [-0.25, -0.2) is 4.39 Å². The number of alkyl halides is 1. The fourth-order valence-electron chi connectivity index (χ4n) is 1.64. The summed E-state index contributed by atoms with van der Waals surface area (Å²) in [5, 5.41) is 8.78. The molecule has 0 amide bonds. The molecule has 0 aliphatic carbocycles. The van der Waals surface area contributed by atoms with Crippen molar-refractivity contribution in [1.29, 1.82) is 5.26 Å². The number of hydrogen-bond donors (Lipinski definition) is 0. The lowest BCUT2D eigenvalue weighted by Crippen LogP contribution is -2.00. The third-order valence-corrected chi connectivity index (χ3v) is 2.74. The van der Waals surface area contributed by atoms with Crippen LogP contribution in [0.5, 0.6) is 5.75 Å². The molecular weight excluding hydrogens is 291 g/mol. The van der Waals surface area contributed by atoms with Crippen molar-refractivity contribution >= 4 is 11.6 Å². The molecule has 0 bridgehead atoms. The molecule has 3 nitrogen and oxygen atoms in total. The molecule has 1 heterocycles. The Morgan fingerprint density at radius 3 is 2.95 bits per heavy atom. The first-order valence-corrected chi connectivity index (χ1v) is 6.58. The molecule has 0 saturated carbocycles. The van der Waals surface area contributed by atoms with Gasteiger partial charge in [0.05, 0.1) is 17.6 Å². The normalized spacial score (nSPS) is 9.38. The third kappa shape index (κ3) is 3.95. The lowest BCUT2D eigenvalue weighted by molar-refractivity contribution is 0.298. The molecule has 0 spiro atoms. The molecule has 0 fully saturated rings. The summed E-state index contributed by atoms with van der Waals surface area (Å²) >= 11 is 5.49. The van der Waals surface area contributed by atoms with Crippen LogP contribution < -0.4 is 4.74 Å². The minimum absolute atomic E-state index is 0.00375. The van der Waals surface area contributed by atoms with E-state index in [0.29, 0.717) is 16.9 Å². The summed E-state index contributed by atoms with van der Waals surface area (Å²) in [7, 11) is 0. The molecule has 1 aromatic carbocycles. The zero-order valence-corrected chi connectivity index (χ0v) is 11.7. The Hall–Kier alpha value is -2.56. The Morgan fingerprint density at radius 2 is 2.19 bits per heavy atom. The molecule has 0 unspecified atom stereocenters. The van der Waals surface area contributed by atoms with Crippen LogP contribution in [-0.2, 0) is 6.61 Å². The Morgan fingerprint density at radius 1 is 1.33 bits per heavy atom.